The Morgan fingerprint density at radius 1 is 1.10 bits per heavy atom. The second-order valence-electron chi connectivity index (χ2n) is 6.02. The van der Waals surface area contributed by atoms with Crippen molar-refractivity contribution in [3.05, 3.63) is 35.4 Å². The lowest BCUT2D eigenvalue weighted by Crippen LogP contribution is -2.14. The van der Waals surface area contributed by atoms with Gasteiger partial charge in [0.2, 0.25) is 0 Å². The molecular weight excluding hydrogens is 248 g/mol. The minimum absolute atomic E-state index is 0.255. The van der Waals surface area contributed by atoms with Gasteiger partial charge in [0.25, 0.3) is 0 Å². The Hall–Kier alpha value is -1.31. The number of benzene rings is 1. The zero-order chi connectivity index (χ0) is 14.4. The molecule has 1 fully saturated rings. The smallest absolute Gasteiger partial charge is 0.337 e. The number of carbonyl (C=O) groups is 1. The maximum atomic E-state index is 11.4. The van der Waals surface area contributed by atoms with Gasteiger partial charge in [0.15, 0.2) is 0 Å². The minimum atomic E-state index is -0.255. The summed E-state index contributed by atoms with van der Waals surface area (Å²) >= 11 is 0. The molecule has 0 aromatic heterocycles. The van der Waals surface area contributed by atoms with Gasteiger partial charge in [0, 0.05) is 0 Å². The van der Waals surface area contributed by atoms with E-state index in [2.05, 4.69) is 19.1 Å². The van der Waals surface area contributed by atoms with E-state index >= 15 is 0 Å². The van der Waals surface area contributed by atoms with Crippen molar-refractivity contribution in [2.24, 2.45) is 11.8 Å². The molecule has 20 heavy (non-hydrogen) atoms. The molecule has 2 nitrogen and oxygen atoms in total. The first kappa shape index (κ1) is 15.1. The van der Waals surface area contributed by atoms with E-state index in [0.717, 1.165) is 18.3 Å². The van der Waals surface area contributed by atoms with E-state index in [1.165, 1.54) is 51.2 Å². The van der Waals surface area contributed by atoms with Crippen LogP contribution < -0.4 is 0 Å². The van der Waals surface area contributed by atoms with Crippen LogP contribution in [0.25, 0.3) is 0 Å². The lowest BCUT2D eigenvalue weighted by Gasteiger charge is -2.27. The summed E-state index contributed by atoms with van der Waals surface area (Å²) in [5.74, 6) is 1.62. The van der Waals surface area contributed by atoms with Gasteiger partial charge in [-0.15, -0.1) is 0 Å². The molecule has 0 heterocycles. The maximum Gasteiger partial charge on any atom is 0.337 e. The molecule has 0 aliphatic heterocycles. The molecule has 0 N–H and O–H groups in total. The highest BCUT2D eigenvalue weighted by atomic mass is 16.5. The first-order valence-corrected chi connectivity index (χ1v) is 7.90. The number of rotatable bonds is 5. The number of carbonyl (C=O) groups excluding carboxylic acids is 1. The Kier molecular flexibility index (Phi) is 5.63. The molecule has 0 spiro atoms. The third kappa shape index (κ3) is 4.09. The second-order valence-corrected chi connectivity index (χ2v) is 6.02. The Morgan fingerprint density at radius 2 is 1.70 bits per heavy atom. The van der Waals surface area contributed by atoms with Gasteiger partial charge in [0.1, 0.15) is 0 Å². The molecule has 110 valence electrons. The number of esters is 1. The van der Waals surface area contributed by atoms with Gasteiger partial charge in [-0.05, 0) is 42.4 Å². The van der Waals surface area contributed by atoms with Gasteiger partial charge in [-0.25, -0.2) is 4.79 Å². The van der Waals surface area contributed by atoms with Crippen LogP contribution in [0.3, 0.4) is 0 Å². The summed E-state index contributed by atoms with van der Waals surface area (Å²) in [4.78, 5) is 11.4. The van der Waals surface area contributed by atoms with Crippen molar-refractivity contribution in [1.29, 1.82) is 0 Å². The van der Waals surface area contributed by atoms with Crippen molar-refractivity contribution in [3.63, 3.8) is 0 Å². The summed E-state index contributed by atoms with van der Waals surface area (Å²) in [7, 11) is 1.42. The van der Waals surface area contributed by atoms with Crippen LogP contribution in [-0.4, -0.2) is 13.1 Å². The number of aryl methyl sites for hydroxylation is 1. The normalized spacial score (nSPS) is 22.5. The summed E-state index contributed by atoms with van der Waals surface area (Å²) in [5, 5.41) is 0. The van der Waals surface area contributed by atoms with Crippen LogP contribution in [-0.2, 0) is 11.2 Å². The molecule has 2 heteroatoms. The topological polar surface area (TPSA) is 26.3 Å². The standard InChI is InChI=1S/C18H26O2/c1-3-14-4-6-15(7-5-14)8-9-16-10-12-17(13-11-16)18(19)20-2/h10-15H,3-9H2,1-2H3/t14-,15-. The fourth-order valence-corrected chi connectivity index (χ4v) is 3.22. The fourth-order valence-electron chi connectivity index (χ4n) is 3.22. The monoisotopic (exact) mass is 274 g/mol. The van der Waals surface area contributed by atoms with Gasteiger partial charge in [0.05, 0.1) is 12.7 Å². The third-order valence-electron chi connectivity index (χ3n) is 4.76. The van der Waals surface area contributed by atoms with E-state index < -0.39 is 0 Å². The van der Waals surface area contributed by atoms with Gasteiger partial charge in [-0.2, -0.15) is 0 Å². The van der Waals surface area contributed by atoms with E-state index in [0.29, 0.717) is 5.56 Å². The van der Waals surface area contributed by atoms with Crippen LogP contribution in [0, 0.1) is 11.8 Å². The Labute approximate surface area is 122 Å². The highest BCUT2D eigenvalue weighted by molar-refractivity contribution is 5.89. The first-order chi connectivity index (χ1) is 9.72. The van der Waals surface area contributed by atoms with Crippen molar-refractivity contribution in [2.45, 2.75) is 51.9 Å². The van der Waals surface area contributed by atoms with E-state index in [1.807, 2.05) is 12.1 Å². The first-order valence-electron chi connectivity index (χ1n) is 7.90. The van der Waals surface area contributed by atoms with Crippen LogP contribution in [0.2, 0.25) is 0 Å². The summed E-state index contributed by atoms with van der Waals surface area (Å²) in [6, 6.07) is 7.86. The molecule has 0 amide bonds. The van der Waals surface area contributed by atoms with Crippen molar-refractivity contribution in [2.75, 3.05) is 7.11 Å². The van der Waals surface area contributed by atoms with Crippen LogP contribution in [0.4, 0.5) is 0 Å². The van der Waals surface area contributed by atoms with Crippen LogP contribution >= 0.6 is 0 Å². The van der Waals surface area contributed by atoms with Gasteiger partial charge in [-0.1, -0.05) is 51.2 Å². The zero-order valence-electron chi connectivity index (χ0n) is 12.7. The van der Waals surface area contributed by atoms with Crippen LogP contribution in [0.5, 0.6) is 0 Å². The maximum absolute atomic E-state index is 11.4. The molecular formula is C18H26O2. The summed E-state index contributed by atoms with van der Waals surface area (Å²) in [6.07, 6.45) is 9.40. The molecule has 1 aromatic rings. The summed E-state index contributed by atoms with van der Waals surface area (Å²) in [5.41, 5.74) is 1.97. The third-order valence-corrected chi connectivity index (χ3v) is 4.76. The number of hydrogen-bond acceptors (Lipinski definition) is 2. The molecule has 0 radical (unpaired) electrons. The summed E-state index contributed by atoms with van der Waals surface area (Å²) in [6.45, 7) is 2.31. The van der Waals surface area contributed by atoms with Crippen molar-refractivity contribution in [1.82, 2.24) is 0 Å². The molecule has 0 atom stereocenters. The van der Waals surface area contributed by atoms with Gasteiger partial charge in [-0.3, -0.25) is 0 Å². The Balaban J connectivity index is 1.78. The van der Waals surface area contributed by atoms with Crippen molar-refractivity contribution >= 4 is 5.97 Å². The van der Waals surface area contributed by atoms with E-state index in [-0.39, 0.29) is 5.97 Å². The van der Waals surface area contributed by atoms with Crippen molar-refractivity contribution in [3.8, 4) is 0 Å². The molecule has 1 saturated carbocycles. The average Bonchev–Trinajstić information content (AvgIpc) is 2.53. The summed E-state index contributed by atoms with van der Waals surface area (Å²) < 4.78 is 4.71. The predicted molar refractivity (Wildman–Crippen MR) is 81.8 cm³/mol. The molecule has 1 aliphatic carbocycles. The molecule has 0 saturated heterocycles. The molecule has 1 aromatic carbocycles. The lowest BCUT2D eigenvalue weighted by atomic mass is 9.78. The van der Waals surface area contributed by atoms with E-state index in [9.17, 15) is 4.79 Å². The van der Waals surface area contributed by atoms with E-state index in [1.54, 1.807) is 0 Å². The fraction of sp³-hybridized carbons (Fsp3) is 0.611. The number of ether oxygens (including phenoxy) is 1. The van der Waals surface area contributed by atoms with Crippen molar-refractivity contribution < 1.29 is 9.53 Å². The zero-order valence-corrected chi connectivity index (χ0v) is 12.7. The van der Waals surface area contributed by atoms with E-state index in [4.69, 9.17) is 4.74 Å². The Bertz CT molecular complexity index is 414. The minimum Gasteiger partial charge on any atom is -0.465 e. The van der Waals surface area contributed by atoms with Gasteiger partial charge < -0.3 is 4.74 Å². The quantitative estimate of drug-likeness (QED) is 0.732. The Morgan fingerprint density at radius 3 is 2.25 bits per heavy atom. The largest absolute Gasteiger partial charge is 0.465 e. The van der Waals surface area contributed by atoms with Crippen LogP contribution in [0.15, 0.2) is 24.3 Å². The lowest BCUT2D eigenvalue weighted by molar-refractivity contribution is 0.0600. The van der Waals surface area contributed by atoms with Crippen LogP contribution in [0.1, 0.15) is 61.4 Å². The highest BCUT2D eigenvalue weighted by Crippen LogP contribution is 2.33. The molecule has 0 unspecified atom stereocenters. The highest BCUT2D eigenvalue weighted by Gasteiger charge is 2.19. The molecule has 0 bridgehead atoms. The SMILES string of the molecule is CC[C@H]1CC[C@H](CCc2ccc(C(=O)OC)cc2)CC1. The number of hydrogen-bond donors (Lipinski definition) is 0. The average molecular weight is 274 g/mol. The molecule has 1 aliphatic rings. The van der Waals surface area contributed by atoms with Gasteiger partial charge >= 0.3 is 5.97 Å². The predicted octanol–water partition coefficient (Wildman–Crippen LogP) is 4.62. The number of methoxy groups -OCH3 is 1. The second kappa shape index (κ2) is 7.47. The molecule has 2 rings (SSSR count).